The van der Waals surface area contributed by atoms with Gasteiger partial charge in [0, 0.05) is 44.5 Å². The van der Waals surface area contributed by atoms with Gasteiger partial charge in [-0.05, 0) is 19.1 Å². The highest BCUT2D eigenvalue weighted by molar-refractivity contribution is 7.89. The molecule has 0 bridgehead atoms. The molecule has 0 amide bonds. The summed E-state index contributed by atoms with van der Waals surface area (Å²) >= 11 is 0. The van der Waals surface area contributed by atoms with Gasteiger partial charge in [-0.3, -0.25) is 0 Å². The lowest BCUT2D eigenvalue weighted by molar-refractivity contribution is 0.386. The largest absolute Gasteiger partial charge is 0.339 e. The SMILES string of the molecule is Cc1nc2c(c(Nc3ccccn3)n1)CN(S(=O)(=O)c1cn(C)cn1)CC2. The first kappa shape index (κ1) is 17.6. The lowest BCUT2D eigenvalue weighted by Crippen LogP contribution is -2.37. The molecular formula is C17H19N7O2S. The second-order valence-corrected chi connectivity index (χ2v) is 8.24. The molecule has 0 unspecified atom stereocenters. The third kappa shape index (κ3) is 3.40. The predicted octanol–water partition coefficient (Wildman–Crippen LogP) is 1.40. The number of sulfonamides is 1. The Labute approximate surface area is 157 Å². The molecular weight excluding hydrogens is 366 g/mol. The molecule has 0 aromatic carbocycles. The highest BCUT2D eigenvalue weighted by Crippen LogP contribution is 2.28. The molecule has 4 heterocycles. The van der Waals surface area contributed by atoms with Crippen molar-refractivity contribution in [3.05, 3.63) is 54.0 Å². The maximum absolute atomic E-state index is 12.9. The average Bonchev–Trinajstić information content (AvgIpc) is 3.09. The smallest absolute Gasteiger partial charge is 0.262 e. The summed E-state index contributed by atoms with van der Waals surface area (Å²) in [5.74, 6) is 1.85. The summed E-state index contributed by atoms with van der Waals surface area (Å²) in [4.78, 5) is 17.2. The summed E-state index contributed by atoms with van der Waals surface area (Å²) in [6, 6.07) is 5.52. The van der Waals surface area contributed by atoms with E-state index in [1.165, 1.54) is 16.8 Å². The molecule has 0 radical (unpaired) electrons. The van der Waals surface area contributed by atoms with Crippen molar-refractivity contribution in [1.82, 2.24) is 28.8 Å². The Bertz CT molecular complexity index is 1080. The molecule has 4 rings (SSSR count). The molecule has 27 heavy (non-hydrogen) atoms. The maximum atomic E-state index is 12.9. The van der Waals surface area contributed by atoms with Crippen LogP contribution in [0.15, 0.2) is 41.9 Å². The molecule has 0 saturated heterocycles. The summed E-state index contributed by atoms with van der Waals surface area (Å²) in [6.45, 7) is 2.36. The number of anilines is 2. The number of imidazole rings is 1. The van der Waals surface area contributed by atoms with Crippen LogP contribution in [-0.4, -0.2) is 43.8 Å². The first-order valence-electron chi connectivity index (χ1n) is 8.46. The fraction of sp³-hybridized carbons (Fsp3) is 0.294. The van der Waals surface area contributed by atoms with Gasteiger partial charge in [0.2, 0.25) is 0 Å². The first-order chi connectivity index (χ1) is 12.9. The molecule has 0 spiro atoms. The molecule has 0 fully saturated rings. The van der Waals surface area contributed by atoms with E-state index in [9.17, 15) is 8.42 Å². The third-order valence-electron chi connectivity index (χ3n) is 4.33. The van der Waals surface area contributed by atoms with Crippen LogP contribution in [0.1, 0.15) is 17.1 Å². The van der Waals surface area contributed by atoms with Crippen molar-refractivity contribution in [2.45, 2.75) is 24.9 Å². The van der Waals surface area contributed by atoms with Gasteiger partial charge in [-0.15, -0.1) is 0 Å². The van der Waals surface area contributed by atoms with Crippen LogP contribution in [0, 0.1) is 6.92 Å². The Balaban J connectivity index is 1.69. The topological polar surface area (TPSA) is 106 Å². The van der Waals surface area contributed by atoms with Crippen molar-refractivity contribution >= 4 is 21.7 Å². The maximum Gasteiger partial charge on any atom is 0.262 e. The van der Waals surface area contributed by atoms with Crippen molar-refractivity contribution in [3.8, 4) is 0 Å². The van der Waals surface area contributed by atoms with Crippen LogP contribution in [0.4, 0.5) is 11.6 Å². The van der Waals surface area contributed by atoms with Crippen LogP contribution in [-0.2, 0) is 30.0 Å². The van der Waals surface area contributed by atoms with E-state index in [1.54, 1.807) is 17.8 Å². The van der Waals surface area contributed by atoms with E-state index in [1.807, 2.05) is 25.1 Å². The second kappa shape index (κ2) is 6.71. The number of hydrogen-bond donors (Lipinski definition) is 1. The number of rotatable bonds is 4. The number of nitrogens with zero attached hydrogens (tertiary/aromatic N) is 6. The molecule has 0 saturated carbocycles. The molecule has 3 aromatic heterocycles. The van der Waals surface area contributed by atoms with Gasteiger partial charge >= 0.3 is 0 Å². The van der Waals surface area contributed by atoms with Gasteiger partial charge in [-0.1, -0.05) is 6.07 Å². The van der Waals surface area contributed by atoms with Crippen molar-refractivity contribution < 1.29 is 8.42 Å². The number of fused-ring (bicyclic) bond motifs is 1. The summed E-state index contributed by atoms with van der Waals surface area (Å²) in [5.41, 5.74) is 1.62. The molecule has 10 heteroatoms. The van der Waals surface area contributed by atoms with Crippen molar-refractivity contribution in [2.24, 2.45) is 7.05 Å². The number of hydrogen-bond acceptors (Lipinski definition) is 7. The van der Waals surface area contributed by atoms with E-state index < -0.39 is 10.0 Å². The number of aromatic nitrogens is 5. The van der Waals surface area contributed by atoms with Gasteiger partial charge in [0.05, 0.1) is 12.0 Å². The van der Waals surface area contributed by atoms with E-state index in [4.69, 9.17) is 0 Å². The van der Waals surface area contributed by atoms with E-state index >= 15 is 0 Å². The van der Waals surface area contributed by atoms with Crippen LogP contribution in [0.2, 0.25) is 0 Å². The van der Waals surface area contributed by atoms with E-state index in [2.05, 4.69) is 25.3 Å². The van der Waals surface area contributed by atoms with Crippen molar-refractivity contribution in [3.63, 3.8) is 0 Å². The highest BCUT2D eigenvalue weighted by atomic mass is 32.2. The lowest BCUT2D eigenvalue weighted by atomic mass is 10.1. The minimum Gasteiger partial charge on any atom is -0.339 e. The average molecular weight is 385 g/mol. The minimum atomic E-state index is -3.68. The van der Waals surface area contributed by atoms with Crippen LogP contribution in [0.3, 0.4) is 0 Å². The zero-order chi connectivity index (χ0) is 19.0. The van der Waals surface area contributed by atoms with Crippen LogP contribution < -0.4 is 5.32 Å². The fourth-order valence-electron chi connectivity index (χ4n) is 3.03. The van der Waals surface area contributed by atoms with Gasteiger partial charge in [0.25, 0.3) is 10.0 Å². The summed E-state index contributed by atoms with van der Waals surface area (Å²) in [5, 5.41) is 3.23. The number of aryl methyl sites for hydroxylation is 2. The molecule has 1 aliphatic rings. The standard InChI is InChI=1S/C17H19N7O2S/c1-12-20-14-6-8-24(27(25,26)16-10-23(2)11-19-16)9-13(14)17(21-12)22-15-5-3-4-7-18-15/h3-5,7,10-11H,6,8-9H2,1-2H3,(H,18,20,21,22). The monoisotopic (exact) mass is 385 g/mol. The second-order valence-electron chi connectivity index (χ2n) is 6.35. The van der Waals surface area contributed by atoms with Crippen LogP contribution in [0.25, 0.3) is 0 Å². The van der Waals surface area contributed by atoms with Crippen molar-refractivity contribution in [2.75, 3.05) is 11.9 Å². The summed E-state index contributed by atoms with van der Waals surface area (Å²) in [6.07, 6.45) is 5.18. The van der Waals surface area contributed by atoms with E-state index in [-0.39, 0.29) is 11.6 Å². The van der Waals surface area contributed by atoms with Gasteiger partial charge in [-0.25, -0.2) is 28.4 Å². The van der Waals surface area contributed by atoms with Crippen LogP contribution in [0.5, 0.6) is 0 Å². The minimum absolute atomic E-state index is 0.0423. The van der Waals surface area contributed by atoms with E-state index in [0.29, 0.717) is 30.4 Å². The zero-order valence-electron chi connectivity index (χ0n) is 15.0. The number of pyridine rings is 1. The molecule has 1 aliphatic heterocycles. The first-order valence-corrected chi connectivity index (χ1v) is 9.90. The van der Waals surface area contributed by atoms with Gasteiger partial charge in [0.1, 0.15) is 17.5 Å². The molecule has 0 aliphatic carbocycles. The Hall–Kier alpha value is -2.85. The van der Waals surface area contributed by atoms with Gasteiger partial charge in [-0.2, -0.15) is 4.31 Å². The predicted molar refractivity (Wildman–Crippen MR) is 98.8 cm³/mol. The lowest BCUT2D eigenvalue weighted by Gasteiger charge is -2.28. The third-order valence-corrected chi connectivity index (χ3v) is 6.06. The molecule has 9 nitrogen and oxygen atoms in total. The van der Waals surface area contributed by atoms with Gasteiger partial charge < -0.3 is 9.88 Å². The Morgan fingerprint density at radius 3 is 2.74 bits per heavy atom. The quantitative estimate of drug-likeness (QED) is 0.723. The molecule has 1 N–H and O–H groups in total. The van der Waals surface area contributed by atoms with Gasteiger partial charge in [0.15, 0.2) is 5.03 Å². The Morgan fingerprint density at radius 2 is 2.04 bits per heavy atom. The van der Waals surface area contributed by atoms with Crippen molar-refractivity contribution in [1.29, 1.82) is 0 Å². The van der Waals surface area contributed by atoms with Crippen LogP contribution >= 0.6 is 0 Å². The normalized spacial score (nSPS) is 14.7. The molecule has 140 valence electrons. The summed E-state index contributed by atoms with van der Waals surface area (Å²) < 4.78 is 28.9. The zero-order valence-corrected chi connectivity index (χ0v) is 15.8. The molecule has 3 aromatic rings. The Kier molecular flexibility index (Phi) is 4.36. The fourth-order valence-corrected chi connectivity index (χ4v) is 4.41. The molecule has 0 atom stereocenters. The van der Waals surface area contributed by atoms with E-state index in [0.717, 1.165) is 11.3 Å². The Morgan fingerprint density at radius 1 is 1.19 bits per heavy atom. The summed E-state index contributed by atoms with van der Waals surface area (Å²) in [7, 11) is -1.94. The number of nitrogens with one attached hydrogen (secondary N) is 1. The highest BCUT2D eigenvalue weighted by Gasteiger charge is 2.32.